The van der Waals surface area contributed by atoms with Crippen LogP contribution in [0, 0.1) is 0 Å². The number of H-pyrrole nitrogens is 1. The fraction of sp³-hybridized carbons (Fsp3) is 0.182. The summed E-state index contributed by atoms with van der Waals surface area (Å²) in [5.41, 5.74) is 7.92. The van der Waals surface area contributed by atoms with Gasteiger partial charge in [0.1, 0.15) is 5.75 Å². The molecule has 2 rings (SSSR count). The van der Waals surface area contributed by atoms with Gasteiger partial charge in [-0.2, -0.15) is 4.98 Å². The average molecular weight is 294 g/mol. The van der Waals surface area contributed by atoms with Crippen LogP contribution in [0.15, 0.2) is 29.4 Å². The lowest BCUT2D eigenvalue weighted by Gasteiger charge is -2.06. The Morgan fingerprint density at radius 2 is 2.35 bits per heavy atom. The summed E-state index contributed by atoms with van der Waals surface area (Å²) in [7, 11) is 0. The maximum Gasteiger partial charge on any atom is 0.265 e. The summed E-state index contributed by atoms with van der Waals surface area (Å²) in [5, 5.41) is 7.01. The number of carbonyl (C=O) groups is 1. The van der Waals surface area contributed by atoms with Gasteiger partial charge in [-0.25, -0.2) is 10.9 Å². The van der Waals surface area contributed by atoms with Gasteiger partial charge in [0.15, 0.2) is 0 Å². The van der Waals surface area contributed by atoms with Gasteiger partial charge in [0.2, 0.25) is 11.1 Å². The van der Waals surface area contributed by atoms with Crippen molar-refractivity contribution in [2.24, 2.45) is 5.84 Å². The Bertz CT molecular complexity index is 588. The van der Waals surface area contributed by atoms with E-state index < -0.39 is 0 Å². The molecule has 0 radical (unpaired) electrons. The van der Waals surface area contributed by atoms with Crippen LogP contribution in [0.2, 0.25) is 0 Å². The highest BCUT2D eigenvalue weighted by atomic mass is 32.2. The summed E-state index contributed by atoms with van der Waals surface area (Å²) in [6.45, 7) is 0.451. The zero-order valence-electron chi connectivity index (χ0n) is 10.5. The van der Waals surface area contributed by atoms with E-state index in [2.05, 4.69) is 20.6 Å². The predicted molar refractivity (Wildman–Crippen MR) is 75.1 cm³/mol. The number of nitrogens with one attached hydrogen (secondary N) is 2. The number of hydrogen-bond donors (Lipinski definition) is 4. The Balaban J connectivity index is 1.80. The number of ether oxygens (including phenoxy) is 1. The van der Waals surface area contributed by atoms with Gasteiger partial charge in [0.05, 0.1) is 6.61 Å². The Morgan fingerprint density at radius 1 is 1.50 bits per heavy atom. The lowest BCUT2D eigenvalue weighted by Crippen LogP contribution is -2.29. The van der Waals surface area contributed by atoms with Gasteiger partial charge in [0.25, 0.3) is 5.91 Å². The second kappa shape index (κ2) is 6.78. The van der Waals surface area contributed by atoms with Crippen molar-refractivity contribution in [2.75, 3.05) is 18.1 Å². The first-order chi connectivity index (χ1) is 9.69. The molecule has 0 unspecified atom stereocenters. The Morgan fingerprint density at radius 3 is 3.05 bits per heavy atom. The second-order valence-electron chi connectivity index (χ2n) is 3.70. The van der Waals surface area contributed by atoms with Gasteiger partial charge in [-0.3, -0.25) is 10.2 Å². The summed E-state index contributed by atoms with van der Waals surface area (Å²) in [6.07, 6.45) is 0. The maximum absolute atomic E-state index is 11.4. The van der Waals surface area contributed by atoms with Crippen LogP contribution in [-0.4, -0.2) is 33.4 Å². The van der Waals surface area contributed by atoms with Gasteiger partial charge in [0, 0.05) is 11.3 Å². The molecule has 1 amide bonds. The Hall–Kier alpha value is -2.26. The molecule has 0 saturated carbocycles. The van der Waals surface area contributed by atoms with E-state index in [-0.39, 0.29) is 11.9 Å². The summed E-state index contributed by atoms with van der Waals surface area (Å²) < 4.78 is 5.53. The monoisotopic (exact) mass is 294 g/mol. The van der Waals surface area contributed by atoms with Crippen LogP contribution < -0.4 is 21.7 Å². The second-order valence-corrected chi connectivity index (χ2v) is 4.76. The number of nitrogens with zero attached hydrogens (tertiary/aromatic N) is 2. The van der Waals surface area contributed by atoms with Crippen molar-refractivity contribution in [3.05, 3.63) is 29.8 Å². The molecule has 20 heavy (non-hydrogen) atoms. The van der Waals surface area contributed by atoms with E-state index in [0.717, 1.165) is 0 Å². The van der Waals surface area contributed by atoms with Gasteiger partial charge in [-0.15, -0.1) is 5.10 Å². The number of hydrazine groups is 1. The summed E-state index contributed by atoms with van der Waals surface area (Å²) in [5.74, 6) is 6.25. The highest BCUT2D eigenvalue weighted by Gasteiger charge is 2.05. The van der Waals surface area contributed by atoms with E-state index in [1.165, 1.54) is 11.8 Å². The van der Waals surface area contributed by atoms with Crippen LogP contribution in [0.5, 0.6) is 5.75 Å². The van der Waals surface area contributed by atoms with Crippen molar-refractivity contribution in [1.82, 2.24) is 20.6 Å². The molecule has 0 saturated heterocycles. The zero-order chi connectivity index (χ0) is 14.4. The van der Waals surface area contributed by atoms with Crippen molar-refractivity contribution >= 4 is 23.6 Å². The number of nitrogen functional groups attached to an aromatic ring is 2. The number of rotatable bonds is 6. The molecule has 1 aromatic carbocycles. The minimum absolute atomic E-state index is 0.286. The molecule has 0 fully saturated rings. The number of nitrogens with two attached hydrogens (primary N) is 2. The molecule has 2 aromatic rings. The van der Waals surface area contributed by atoms with Crippen molar-refractivity contribution in [3.8, 4) is 5.75 Å². The third kappa shape index (κ3) is 3.87. The topological polar surface area (TPSA) is 132 Å². The minimum Gasteiger partial charge on any atom is -0.493 e. The van der Waals surface area contributed by atoms with E-state index in [9.17, 15) is 4.79 Å². The zero-order valence-corrected chi connectivity index (χ0v) is 11.3. The van der Waals surface area contributed by atoms with Crippen LogP contribution in [0.25, 0.3) is 0 Å². The summed E-state index contributed by atoms with van der Waals surface area (Å²) in [4.78, 5) is 15.3. The van der Waals surface area contributed by atoms with E-state index in [4.69, 9.17) is 16.3 Å². The molecule has 0 aliphatic carbocycles. The first kappa shape index (κ1) is 14.2. The van der Waals surface area contributed by atoms with E-state index in [0.29, 0.717) is 28.8 Å². The number of hydrogen-bond acceptors (Lipinski definition) is 7. The standard InChI is InChI=1S/C11H14N6O2S/c12-10-14-11(17-16-10)20-5-4-19-8-3-1-2-7(6-8)9(18)15-13/h1-3,6H,4-5,13H2,(H,15,18)(H3,12,14,16,17). The molecule has 8 nitrogen and oxygen atoms in total. The molecule has 6 N–H and O–H groups in total. The number of thioether (sulfide) groups is 1. The van der Waals surface area contributed by atoms with Gasteiger partial charge in [-0.05, 0) is 18.2 Å². The molecule has 0 aliphatic heterocycles. The molecule has 0 bridgehead atoms. The van der Waals surface area contributed by atoms with Gasteiger partial charge in [-0.1, -0.05) is 17.8 Å². The van der Waals surface area contributed by atoms with Crippen LogP contribution in [0.4, 0.5) is 5.95 Å². The van der Waals surface area contributed by atoms with E-state index >= 15 is 0 Å². The molecular formula is C11H14N6O2S. The van der Waals surface area contributed by atoms with Crippen LogP contribution in [-0.2, 0) is 0 Å². The summed E-state index contributed by atoms with van der Waals surface area (Å²) in [6, 6.07) is 6.77. The number of carbonyl (C=O) groups excluding carboxylic acids is 1. The van der Waals surface area contributed by atoms with Crippen molar-refractivity contribution in [2.45, 2.75) is 5.16 Å². The molecule has 0 atom stereocenters. The Labute approximate surface area is 119 Å². The molecule has 0 aliphatic rings. The number of amides is 1. The summed E-state index contributed by atoms with van der Waals surface area (Å²) >= 11 is 1.42. The van der Waals surface area contributed by atoms with Crippen LogP contribution in [0.1, 0.15) is 10.4 Å². The van der Waals surface area contributed by atoms with E-state index in [1.54, 1.807) is 24.3 Å². The largest absolute Gasteiger partial charge is 0.493 e. The lowest BCUT2D eigenvalue weighted by atomic mass is 10.2. The SMILES string of the molecule is NNC(=O)c1cccc(OCCSc2n[nH]c(N)n2)c1. The molecule has 0 spiro atoms. The highest BCUT2D eigenvalue weighted by molar-refractivity contribution is 7.99. The molecule has 1 heterocycles. The van der Waals surface area contributed by atoms with Crippen molar-refractivity contribution < 1.29 is 9.53 Å². The van der Waals surface area contributed by atoms with Gasteiger partial charge < -0.3 is 10.5 Å². The number of aromatic amines is 1. The molecule has 106 valence electrons. The predicted octanol–water partition coefficient (Wildman–Crippen LogP) is 0.161. The maximum atomic E-state index is 11.4. The van der Waals surface area contributed by atoms with Crippen molar-refractivity contribution in [1.29, 1.82) is 0 Å². The first-order valence-corrected chi connectivity index (χ1v) is 6.72. The molecular weight excluding hydrogens is 280 g/mol. The average Bonchev–Trinajstić information content (AvgIpc) is 2.88. The minimum atomic E-state index is -0.360. The smallest absolute Gasteiger partial charge is 0.265 e. The highest BCUT2D eigenvalue weighted by Crippen LogP contribution is 2.16. The van der Waals surface area contributed by atoms with Gasteiger partial charge >= 0.3 is 0 Å². The first-order valence-electron chi connectivity index (χ1n) is 5.73. The fourth-order valence-corrected chi connectivity index (χ4v) is 2.05. The quantitative estimate of drug-likeness (QED) is 0.196. The third-order valence-electron chi connectivity index (χ3n) is 2.29. The van der Waals surface area contributed by atoms with Crippen molar-refractivity contribution in [3.63, 3.8) is 0 Å². The number of aromatic nitrogens is 3. The lowest BCUT2D eigenvalue weighted by molar-refractivity contribution is 0.0953. The molecule has 1 aromatic heterocycles. The molecule has 9 heteroatoms. The number of anilines is 1. The van der Waals surface area contributed by atoms with Crippen LogP contribution >= 0.6 is 11.8 Å². The van der Waals surface area contributed by atoms with Crippen LogP contribution in [0.3, 0.4) is 0 Å². The fourth-order valence-electron chi connectivity index (χ4n) is 1.43. The Kier molecular flexibility index (Phi) is 4.80. The normalized spacial score (nSPS) is 10.2. The van der Waals surface area contributed by atoms with E-state index in [1.807, 2.05) is 0 Å². The number of benzene rings is 1. The third-order valence-corrected chi connectivity index (χ3v) is 3.10.